The van der Waals surface area contributed by atoms with Gasteiger partial charge >= 0.3 is 0 Å². The summed E-state index contributed by atoms with van der Waals surface area (Å²) in [6, 6.07) is 14.6. The van der Waals surface area contributed by atoms with E-state index in [0.29, 0.717) is 17.6 Å². The van der Waals surface area contributed by atoms with Crippen LogP contribution in [-0.2, 0) is 11.2 Å². The van der Waals surface area contributed by atoms with Gasteiger partial charge in [-0.3, -0.25) is 4.79 Å². The molecular weight excluding hydrogens is 310 g/mol. The molecule has 2 nitrogen and oxygen atoms in total. The Morgan fingerprint density at radius 3 is 2.77 bits per heavy atom. The molecule has 0 spiro atoms. The van der Waals surface area contributed by atoms with E-state index >= 15 is 0 Å². The molecule has 1 saturated heterocycles. The van der Waals surface area contributed by atoms with Crippen LogP contribution in [0.5, 0.6) is 0 Å². The zero-order valence-corrected chi connectivity index (χ0v) is 14.2. The summed E-state index contributed by atoms with van der Waals surface area (Å²) in [6.07, 6.45) is 2.54. The van der Waals surface area contributed by atoms with Crippen LogP contribution in [-0.4, -0.2) is 29.6 Å². The van der Waals surface area contributed by atoms with E-state index in [4.69, 9.17) is 0 Å². The number of aryl methyl sites for hydroxylation is 1. The summed E-state index contributed by atoms with van der Waals surface area (Å²) >= 11 is 3.83. The Balaban J connectivity index is 1.51. The van der Waals surface area contributed by atoms with Gasteiger partial charge in [-0.2, -0.15) is 11.8 Å². The lowest BCUT2D eigenvalue weighted by molar-refractivity contribution is -0.130. The first-order valence-electron chi connectivity index (χ1n) is 7.79. The first kappa shape index (κ1) is 15.6. The first-order chi connectivity index (χ1) is 10.8. The molecular formula is C18H21NOS2. The van der Waals surface area contributed by atoms with Gasteiger partial charge in [0.05, 0.1) is 0 Å². The van der Waals surface area contributed by atoms with E-state index in [-0.39, 0.29) is 0 Å². The highest BCUT2D eigenvalue weighted by Crippen LogP contribution is 2.36. The topological polar surface area (TPSA) is 20.3 Å². The molecule has 1 fully saturated rings. The van der Waals surface area contributed by atoms with Gasteiger partial charge in [-0.05, 0) is 29.9 Å². The molecule has 0 bridgehead atoms. The van der Waals surface area contributed by atoms with Crippen molar-refractivity contribution in [3.8, 4) is 0 Å². The van der Waals surface area contributed by atoms with Crippen molar-refractivity contribution in [3.05, 3.63) is 58.3 Å². The highest BCUT2D eigenvalue weighted by Gasteiger charge is 2.22. The summed E-state index contributed by atoms with van der Waals surface area (Å²) in [5.74, 6) is 1.34. The average molecular weight is 332 g/mol. The fraction of sp³-hybridized carbons (Fsp3) is 0.389. The number of carbonyl (C=O) groups excluding carboxylic acids is 1. The quantitative estimate of drug-likeness (QED) is 0.828. The maximum atomic E-state index is 12.4. The lowest BCUT2D eigenvalue weighted by Gasteiger charge is -2.20. The number of rotatable bonds is 4. The van der Waals surface area contributed by atoms with Crippen LogP contribution in [0.2, 0.25) is 0 Å². The Morgan fingerprint density at radius 1 is 1.14 bits per heavy atom. The van der Waals surface area contributed by atoms with E-state index in [1.807, 2.05) is 41.3 Å². The Bertz CT molecular complexity index is 582. The van der Waals surface area contributed by atoms with Gasteiger partial charge in [0.25, 0.3) is 0 Å². The van der Waals surface area contributed by atoms with E-state index in [9.17, 15) is 4.79 Å². The Kier molecular flexibility index (Phi) is 5.57. The average Bonchev–Trinajstić information content (AvgIpc) is 2.98. The maximum absolute atomic E-state index is 12.4. The monoisotopic (exact) mass is 331 g/mol. The Labute approximate surface area is 140 Å². The van der Waals surface area contributed by atoms with Crippen LogP contribution < -0.4 is 0 Å². The molecule has 3 rings (SSSR count). The zero-order valence-electron chi connectivity index (χ0n) is 12.6. The number of thioether (sulfide) groups is 1. The van der Waals surface area contributed by atoms with Crippen LogP contribution in [0.25, 0.3) is 0 Å². The first-order valence-corrected chi connectivity index (χ1v) is 9.72. The maximum Gasteiger partial charge on any atom is 0.222 e. The van der Waals surface area contributed by atoms with Crippen molar-refractivity contribution < 1.29 is 4.79 Å². The number of amides is 1. The van der Waals surface area contributed by atoms with Gasteiger partial charge in [0.1, 0.15) is 0 Å². The summed E-state index contributed by atoms with van der Waals surface area (Å²) < 4.78 is 0. The second-order valence-electron chi connectivity index (χ2n) is 5.53. The fourth-order valence-electron chi connectivity index (χ4n) is 2.78. The molecule has 116 valence electrons. The molecule has 1 aliphatic rings. The number of benzene rings is 1. The van der Waals surface area contributed by atoms with Crippen LogP contribution in [0.3, 0.4) is 0 Å². The minimum atomic E-state index is 0.302. The molecule has 2 aromatic rings. The van der Waals surface area contributed by atoms with Gasteiger partial charge in [0.2, 0.25) is 5.91 Å². The standard InChI is InChI=1S/C18H21NOS2/c20-18(9-8-15-5-2-1-3-6-15)19-11-10-17(22-14-12-19)16-7-4-13-21-16/h1-7,13,17H,8-12,14H2/t17-/m0/s1. The smallest absolute Gasteiger partial charge is 0.222 e. The lowest BCUT2D eigenvalue weighted by Crippen LogP contribution is -2.33. The molecule has 0 N–H and O–H groups in total. The second kappa shape index (κ2) is 7.84. The van der Waals surface area contributed by atoms with Crippen molar-refractivity contribution >= 4 is 29.0 Å². The number of thiophene rings is 1. The van der Waals surface area contributed by atoms with Crippen molar-refractivity contribution in [2.75, 3.05) is 18.8 Å². The van der Waals surface area contributed by atoms with Crippen molar-refractivity contribution in [1.29, 1.82) is 0 Å². The molecule has 1 atom stereocenters. The van der Waals surface area contributed by atoms with Crippen LogP contribution in [0.15, 0.2) is 47.8 Å². The summed E-state index contributed by atoms with van der Waals surface area (Å²) in [5, 5.41) is 2.70. The summed E-state index contributed by atoms with van der Waals surface area (Å²) in [7, 11) is 0. The minimum absolute atomic E-state index is 0.302. The Hall–Kier alpha value is -1.26. The molecule has 1 amide bonds. The van der Waals surface area contributed by atoms with Gasteiger partial charge in [0, 0.05) is 35.4 Å². The third-order valence-electron chi connectivity index (χ3n) is 4.03. The number of carbonyl (C=O) groups is 1. The molecule has 2 heterocycles. The normalized spacial score (nSPS) is 18.9. The molecule has 1 aromatic carbocycles. The summed E-state index contributed by atoms with van der Waals surface area (Å²) in [6.45, 7) is 1.78. The van der Waals surface area contributed by atoms with Crippen LogP contribution in [0.4, 0.5) is 0 Å². The molecule has 4 heteroatoms. The molecule has 0 unspecified atom stereocenters. The lowest BCUT2D eigenvalue weighted by atomic mass is 10.1. The van der Waals surface area contributed by atoms with E-state index in [1.165, 1.54) is 10.4 Å². The number of hydrogen-bond donors (Lipinski definition) is 0. The highest BCUT2D eigenvalue weighted by atomic mass is 32.2. The van der Waals surface area contributed by atoms with Crippen LogP contribution >= 0.6 is 23.1 Å². The molecule has 1 aliphatic heterocycles. The van der Waals surface area contributed by atoms with Gasteiger partial charge < -0.3 is 4.90 Å². The molecule has 0 aliphatic carbocycles. The number of hydrogen-bond acceptors (Lipinski definition) is 3. The van der Waals surface area contributed by atoms with Crippen molar-refractivity contribution in [1.82, 2.24) is 4.90 Å². The van der Waals surface area contributed by atoms with E-state index in [1.54, 1.807) is 0 Å². The molecule has 0 saturated carbocycles. The van der Waals surface area contributed by atoms with Crippen LogP contribution in [0.1, 0.15) is 28.5 Å². The largest absolute Gasteiger partial charge is 0.342 e. The zero-order chi connectivity index (χ0) is 15.2. The molecule has 1 aromatic heterocycles. The van der Waals surface area contributed by atoms with Gasteiger partial charge in [-0.25, -0.2) is 0 Å². The number of nitrogens with zero attached hydrogens (tertiary/aromatic N) is 1. The SMILES string of the molecule is O=C(CCc1ccccc1)N1CCS[C@H](c2cccs2)CC1. The summed E-state index contributed by atoms with van der Waals surface area (Å²) in [4.78, 5) is 15.9. The molecule has 22 heavy (non-hydrogen) atoms. The van der Waals surface area contributed by atoms with Crippen molar-refractivity contribution in [2.24, 2.45) is 0 Å². The van der Waals surface area contributed by atoms with Crippen molar-refractivity contribution in [3.63, 3.8) is 0 Å². The highest BCUT2D eigenvalue weighted by molar-refractivity contribution is 7.99. The van der Waals surface area contributed by atoms with E-state index in [0.717, 1.165) is 31.7 Å². The van der Waals surface area contributed by atoms with Crippen molar-refractivity contribution in [2.45, 2.75) is 24.5 Å². The fourth-order valence-corrected chi connectivity index (χ4v) is 5.01. The predicted molar refractivity (Wildman–Crippen MR) is 95.5 cm³/mol. The molecule has 0 radical (unpaired) electrons. The van der Waals surface area contributed by atoms with Gasteiger partial charge in [0.15, 0.2) is 0 Å². The minimum Gasteiger partial charge on any atom is -0.342 e. The third-order valence-corrected chi connectivity index (χ3v) is 6.47. The Morgan fingerprint density at radius 2 is 2.00 bits per heavy atom. The van der Waals surface area contributed by atoms with Gasteiger partial charge in [-0.1, -0.05) is 36.4 Å². The van der Waals surface area contributed by atoms with Crippen LogP contribution in [0, 0.1) is 0 Å². The third kappa shape index (κ3) is 4.14. The predicted octanol–water partition coefficient (Wildman–Crippen LogP) is 4.39. The van der Waals surface area contributed by atoms with E-state index < -0.39 is 0 Å². The second-order valence-corrected chi connectivity index (χ2v) is 7.82. The van der Waals surface area contributed by atoms with Gasteiger partial charge in [-0.15, -0.1) is 11.3 Å². The summed E-state index contributed by atoms with van der Waals surface area (Å²) in [5.41, 5.74) is 1.25. The van der Waals surface area contributed by atoms with E-state index in [2.05, 4.69) is 34.5 Å².